The summed E-state index contributed by atoms with van der Waals surface area (Å²) in [6, 6.07) is 12.8. The molecule has 0 atom stereocenters. The summed E-state index contributed by atoms with van der Waals surface area (Å²) in [5, 5.41) is 11.5. The first-order valence-corrected chi connectivity index (χ1v) is 8.34. The molecular weight excluding hydrogens is 356 g/mol. The van der Waals surface area contributed by atoms with Gasteiger partial charge in [0.15, 0.2) is 17.2 Å². The van der Waals surface area contributed by atoms with E-state index in [4.69, 9.17) is 21.1 Å². The van der Waals surface area contributed by atoms with Crippen LogP contribution in [0.4, 0.5) is 0 Å². The number of ether oxygens (including phenoxy) is 2. The molecule has 7 nitrogen and oxygen atoms in total. The molecule has 1 aromatic heterocycles. The van der Waals surface area contributed by atoms with E-state index in [9.17, 15) is 4.79 Å². The van der Waals surface area contributed by atoms with Crippen LogP contribution in [0.1, 0.15) is 21.7 Å². The molecule has 1 aliphatic rings. The first-order valence-electron chi connectivity index (χ1n) is 7.97. The van der Waals surface area contributed by atoms with Gasteiger partial charge < -0.3 is 14.8 Å². The van der Waals surface area contributed by atoms with E-state index in [1.807, 2.05) is 30.3 Å². The smallest absolute Gasteiger partial charge is 0.274 e. The molecule has 0 fully saturated rings. The Morgan fingerprint density at radius 2 is 2.08 bits per heavy atom. The van der Waals surface area contributed by atoms with Gasteiger partial charge in [-0.2, -0.15) is 0 Å². The Morgan fingerprint density at radius 1 is 1.23 bits per heavy atom. The van der Waals surface area contributed by atoms with Gasteiger partial charge in [0.25, 0.3) is 5.91 Å². The molecule has 8 heteroatoms. The van der Waals surface area contributed by atoms with E-state index in [-0.39, 0.29) is 18.4 Å². The topological polar surface area (TPSA) is 78.3 Å². The summed E-state index contributed by atoms with van der Waals surface area (Å²) >= 11 is 6.01. The number of carbonyl (C=O) groups excluding carboxylic acids is 1. The largest absolute Gasteiger partial charge is 0.454 e. The van der Waals surface area contributed by atoms with Gasteiger partial charge in [-0.05, 0) is 42.8 Å². The lowest BCUT2D eigenvalue weighted by atomic mass is 10.2. The normalized spacial score (nSPS) is 12.2. The number of benzene rings is 2. The maximum absolute atomic E-state index is 12.5. The van der Waals surface area contributed by atoms with Crippen LogP contribution in [0.2, 0.25) is 5.02 Å². The van der Waals surface area contributed by atoms with Crippen LogP contribution in [0.15, 0.2) is 42.5 Å². The minimum absolute atomic E-state index is 0.219. The number of nitrogens with zero attached hydrogens (tertiary/aromatic N) is 3. The van der Waals surface area contributed by atoms with Crippen molar-refractivity contribution in [1.82, 2.24) is 20.3 Å². The Morgan fingerprint density at radius 3 is 2.92 bits per heavy atom. The van der Waals surface area contributed by atoms with Crippen molar-refractivity contribution < 1.29 is 14.3 Å². The van der Waals surface area contributed by atoms with Gasteiger partial charge in [-0.25, -0.2) is 4.68 Å². The molecule has 1 aliphatic heterocycles. The van der Waals surface area contributed by atoms with E-state index in [0.717, 1.165) is 11.3 Å². The van der Waals surface area contributed by atoms with E-state index < -0.39 is 0 Å². The summed E-state index contributed by atoms with van der Waals surface area (Å²) in [5.74, 6) is 1.09. The molecule has 0 aliphatic carbocycles. The first-order chi connectivity index (χ1) is 12.6. The molecule has 2 aromatic carbocycles. The van der Waals surface area contributed by atoms with Crippen LogP contribution in [0.3, 0.4) is 0 Å². The van der Waals surface area contributed by atoms with Crippen LogP contribution in [0.5, 0.6) is 11.5 Å². The highest BCUT2D eigenvalue weighted by Gasteiger charge is 2.18. The van der Waals surface area contributed by atoms with Crippen molar-refractivity contribution in [3.05, 3.63) is 64.4 Å². The fraction of sp³-hybridized carbons (Fsp3) is 0.167. The third kappa shape index (κ3) is 3.09. The molecule has 0 spiro atoms. The fourth-order valence-corrected chi connectivity index (χ4v) is 2.89. The van der Waals surface area contributed by atoms with E-state index in [2.05, 4.69) is 15.6 Å². The molecular formula is C18H15ClN4O3. The van der Waals surface area contributed by atoms with Crippen molar-refractivity contribution in [1.29, 1.82) is 0 Å². The lowest BCUT2D eigenvalue weighted by Crippen LogP contribution is -2.24. The SMILES string of the molecule is Cc1c(C(=O)NCc2ccc3c(c2)OCO3)nnn1-c1cccc(Cl)c1. The number of carbonyl (C=O) groups is 1. The predicted octanol–water partition coefficient (Wildman–Crippen LogP) is 2.89. The van der Waals surface area contributed by atoms with Gasteiger partial charge in [0.05, 0.1) is 11.4 Å². The molecule has 0 saturated heterocycles. The number of nitrogens with one attached hydrogen (secondary N) is 1. The number of hydrogen-bond acceptors (Lipinski definition) is 5. The zero-order valence-electron chi connectivity index (χ0n) is 13.9. The Bertz CT molecular complexity index is 986. The Hall–Kier alpha value is -3.06. The van der Waals surface area contributed by atoms with Gasteiger partial charge in [0, 0.05) is 11.6 Å². The van der Waals surface area contributed by atoms with Crippen molar-refractivity contribution in [2.45, 2.75) is 13.5 Å². The van der Waals surface area contributed by atoms with Crippen LogP contribution in [-0.4, -0.2) is 27.7 Å². The Labute approximate surface area is 154 Å². The fourth-order valence-electron chi connectivity index (χ4n) is 2.71. The van der Waals surface area contributed by atoms with Gasteiger partial charge >= 0.3 is 0 Å². The van der Waals surface area contributed by atoms with Crippen LogP contribution in [-0.2, 0) is 6.54 Å². The Balaban J connectivity index is 1.49. The molecule has 3 aromatic rings. The third-order valence-corrected chi connectivity index (χ3v) is 4.29. The molecule has 4 rings (SSSR count). The number of aromatic nitrogens is 3. The second-order valence-electron chi connectivity index (χ2n) is 5.79. The molecule has 2 heterocycles. The summed E-state index contributed by atoms with van der Waals surface area (Å²) in [6.45, 7) is 2.35. The lowest BCUT2D eigenvalue weighted by Gasteiger charge is -2.06. The maximum Gasteiger partial charge on any atom is 0.274 e. The quantitative estimate of drug-likeness (QED) is 0.764. The van der Waals surface area contributed by atoms with E-state index in [1.165, 1.54) is 0 Å². The number of hydrogen-bond donors (Lipinski definition) is 1. The van der Waals surface area contributed by atoms with Crippen molar-refractivity contribution >= 4 is 17.5 Å². The number of rotatable bonds is 4. The minimum Gasteiger partial charge on any atom is -0.454 e. The summed E-state index contributed by atoms with van der Waals surface area (Å²) in [4.78, 5) is 12.5. The highest BCUT2D eigenvalue weighted by molar-refractivity contribution is 6.30. The van der Waals surface area contributed by atoms with E-state index >= 15 is 0 Å². The molecule has 0 saturated carbocycles. The Kier molecular flexibility index (Phi) is 4.22. The average Bonchev–Trinajstić information content (AvgIpc) is 3.25. The van der Waals surface area contributed by atoms with Crippen LogP contribution in [0, 0.1) is 6.92 Å². The van der Waals surface area contributed by atoms with Gasteiger partial charge in [-0.3, -0.25) is 4.79 Å². The predicted molar refractivity (Wildman–Crippen MR) is 94.8 cm³/mol. The molecule has 1 N–H and O–H groups in total. The van der Waals surface area contributed by atoms with Gasteiger partial charge in [-0.1, -0.05) is 28.9 Å². The maximum atomic E-state index is 12.5. The third-order valence-electron chi connectivity index (χ3n) is 4.05. The number of halogens is 1. The highest BCUT2D eigenvalue weighted by atomic mass is 35.5. The van der Waals surface area contributed by atoms with Crippen LogP contribution in [0.25, 0.3) is 5.69 Å². The molecule has 132 valence electrons. The molecule has 26 heavy (non-hydrogen) atoms. The van der Waals surface area contributed by atoms with Crippen LogP contribution < -0.4 is 14.8 Å². The number of fused-ring (bicyclic) bond motifs is 1. The van der Waals surface area contributed by atoms with Crippen molar-refractivity contribution in [3.8, 4) is 17.2 Å². The highest BCUT2D eigenvalue weighted by Crippen LogP contribution is 2.32. The lowest BCUT2D eigenvalue weighted by molar-refractivity contribution is 0.0945. The zero-order chi connectivity index (χ0) is 18.1. The first kappa shape index (κ1) is 16.4. The summed E-state index contributed by atoms with van der Waals surface area (Å²) in [7, 11) is 0. The summed E-state index contributed by atoms with van der Waals surface area (Å²) in [5.41, 5.74) is 2.56. The second-order valence-corrected chi connectivity index (χ2v) is 6.22. The number of amides is 1. The van der Waals surface area contributed by atoms with E-state index in [1.54, 1.807) is 23.7 Å². The van der Waals surface area contributed by atoms with Crippen molar-refractivity contribution in [3.63, 3.8) is 0 Å². The monoisotopic (exact) mass is 370 g/mol. The molecule has 0 unspecified atom stereocenters. The second kappa shape index (κ2) is 6.68. The van der Waals surface area contributed by atoms with E-state index in [0.29, 0.717) is 28.8 Å². The van der Waals surface area contributed by atoms with Gasteiger partial charge in [-0.15, -0.1) is 5.10 Å². The van der Waals surface area contributed by atoms with Crippen molar-refractivity contribution in [2.24, 2.45) is 0 Å². The average molecular weight is 371 g/mol. The zero-order valence-corrected chi connectivity index (χ0v) is 14.7. The molecule has 1 amide bonds. The molecule has 0 radical (unpaired) electrons. The molecule has 0 bridgehead atoms. The van der Waals surface area contributed by atoms with Crippen LogP contribution >= 0.6 is 11.6 Å². The minimum atomic E-state index is -0.298. The van der Waals surface area contributed by atoms with Crippen molar-refractivity contribution in [2.75, 3.05) is 6.79 Å². The van der Waals surface area contributed by atoms with Gasteiger partial charge in [0.1, 0.15) is 0 Å². The summed E-state index contributed by atoms with van der Waals surface area (Å²) in [6.07, 6.45) is 0. The standard InChI is InChI=1S/C18H15ClN4O3/c1-11-17(21-22-23(11)14-4-2-3-13(19)8-14)18(24)20-9-12-5-6-15-16(7-12)26-10-25-15/h2-8H,9-10H2,1H3,(H,20,24). The van der Waals surface area contributed by atoms with Gasteiger partial charge in [0.2, 0.25) is 6.79 Å². The summed E-state index contributed by atoms with van der Waals surface area (Å²) < 4.78 is 12.2.